The molecule has 1 aromatic heterocycles. The Labute approximate surface area is 125 Å². The molecule has 1 fully saturated rings. The Hall–Kier alpha value is -1.82. The number of nitrogens with one attached hydrogen (secondary N) is 1. The predicted octanol–water partition coefficient (Wildman–Crippen LogP) is 1.97. The number of carbonyl (C=O) groups excluding carboxylic acids is 1. The first-order valence-electron chi connectivity index (χ1n) is 7.10. The Morgan fingerprint density at radius 1 is 1.43 bits per heavy atom. The number of pyridine rings is 1. The second-order valence-electron chi connectivity index (χ2n) is 6.05. The van der Waals surface area contributed by atoms with Gasteiger partial charge in [-0.25, -0.2) is 4.79 Å². The fourth-order valence-corrected chi connectivity index (χ4v) is 2.27. The van der Waals surface area contributed by atoms with E-state index in [2.05, 4.69) is 10.3 Å². The number of aromatic nitrogens is 1. The molecule has 0 spiro atoms. The molecule has 116 valence electrons. The van der Waals surface area contributed by atoms with Gasteiger partial charge in [-0.05, 0) is 32.4 Å². The van der Waals surface area contributed by atoms with Crippen LogP contribution < -0.4 is 10.1 Å². The van der Waals surface area contributed by atoms with Crippen LogP contribution in [0.3, 0.4) is 0 Å². The monoisotopic (exact) mass is 293 g/mol. The number of rotatable bonds is 2. The Kier molecular flexibility index (Phi) is 4.67. The van der Waals surface area contributed by atoms with Crippen LogP contribution in [0.1, 0.15) is 32.4 Å². The van der Waals surface area contributed by atoms with Crippen molar-refractivity contribution in [3.05, 3.63) is 24.0 Å². The lowest BCUT2D eigenvalue weighted by Crippen LogP contribution is -2.50. The van der Waals surface area contributed by atoms with E-state index in [9.17, 15) is 4.79 Å². The highest BCUT2D eigenvalue weighted by Crippen LogP contribution is 2.26. The van der Waals surface area contributed by atoms with E-state index in [1.54, 1.807) is 24.4 Å². The van der Waals surface area contributed by atoms with Crippen molar-refractivity contribution < 1.29 is 14.3 Å². The Bertz CT molecular complexity index is 499. The van der Waals surface area contributed by atoms with Gasteiger partial charge in [-0.15, -0.1) is 0 Å². The number of carbonyl (C=O) groups is 1. The zero-order valence-electron chi connectivity index (χ0n) is 13.0. The lowest BCUT2D eigenvalue weighted by Gasteiger charge is -2.37. The van der Waals surface area contributed by atoms with Gasteiger partial charge in [0.25, 0.3) is 0 Å². The highest BCUT2D eigenvalue weighted by molar-refractivity contribution is 5.69. The maximum absolute atomic E-state index is 12.4. The Morgan fingerprint density at radius 2 is 2.19 bits per heavy atom. The van der Waals surface area contributed by atoms with Gasteiger partial charge in [-0.3, -0.25) is 9.88 Å². The summed E-state index contributed by atoms with van der Waals surface area (Å²) < 4.78 is 10.7. The van der Waals surface area contributed by atoms with Crippen LogP contribution in [0.5, 0.6) is 5.75 Å². The summed E-state index contributed by atoms with van der Waals surface area (Å²) >= 11 is 0. The third-order valence-corrected chi connectivity index (χ3v) is 3.23. The van der Waals surface area contributed by atoms with Gasteiger partial charge in [-0.2, -0.15) is 0 Å². The Balaban J connectivity index is 2.20. The number of piperazine rings is 1. The minimum absolute atomic E-state index is 0.101. The topological polar surface area (TPSA) is 63.7 Å². The number of hydrogen-bond acceptors (Lipinski definition) is 5. The van der Waals surface area contributed by atoms with E-state index in [-0.39, 0.29) is 12.1 Å². The normalized spacial score (nSPS) is 19.2. The van der Waals surface area contributed by atoms with Crippen molar-refractivity contribution in [2.75, 3.05) is 26.7 Å². The molecule has 0 saturated carbocycles. The summed E-state index contributed by atoms with van der Waals surface area (Å²) in [6.07, 6.45) is 3.12. The standard InChI is InChI=1S/C15H23N3O3/c1-15(2,3)21-14(19)18-6-5-16-10-13(18)11-7-12(20-4)9-17-8-11/h7-9,13,16H,5-6,10H2,1-4H3. The first-order valence-corrected chi connectivity index (χ1v) is 7.10. The molecule has 1 aliphatic rings. The molecule has 1 amide bonds. The maximum atomic E-state index is 12.4. The SMILES string of the molecule is COc1cncc(C2CNCCN2C(=O)OC(C)(C)C)c1. The zero-order chi connectivity index (χ0) is 15.5. The van der Waals surface area contributed by atoms with Crippen LogP contribution in [0, 0.1) is 0 Å². The summed E-state index contributed by atoms with van der Waals surface area (Å²) in [4.78, 5) is 18.3. The number of methoxy groups -OCH3 is 1. The van der Waals surface area contributed by atoms with E-state index in [1.165, 1.54) is 0 Å². The Morgan fingerprint density at radius 3 is 2.86 bits per heavy atom. The van der Waals surface area contributed by atoms with E-state index in [0.29, 0.717) is 18.8 Å². The molecule has 0 bridgehead atoms. The molecule has 0 aromatic carbocycles. The van der Waals surface area contributed by atoms with Crippen molar-refractivity contribution in [2.24, 2.45) is 0 Å². The largest absolute Gasteiger partial charge is 0.495 e. The summed E-state index contributed by atoms with van der Waals surface area (Å²) in [6.45, 7) is 7.65. The third kappa shape index (κ3) is 4.07. The fourth-order valence-electron chi connectivity index (χ4n) is 2.27. The number of hydrogen-bond donors (Lipinski definition) is 1. The van der Waals surface area contributed by atoms with E-state index in [0.717, 1.165) is 12.1 Å². The fraction of sp³-hybridized carbons (Fsp3) is 0.600. The molecule has 1 aliphatic heterocycles. The number of nitrogens with zero attached hydrogens (tertiary/aromatic N) is 2. The quantitative estimate of drug-likeness (QED) is 0.903. The minimum Gasteiger partial charge on any atom is -0.495 e. The summed E-state index contributed by atoms with van der Waals surface area (Å²) in [6, 6.07) is 1.80. The van der Waals surface area contributed by atoms with Gasteiger partial charge in [0.1, 0.15) is 11.4 Å². The second-order valence-corrected chi connectivity index (χ2v) is 6.05. The maximum Gasteiger partial charge on any atom is 0.410 e. The second kappa shape index (κ2) is 6.30. The summed E-state index contributed by atoms with van der Waals surface area (Å²) in [5.74, 6) is 0.683. The van der Waals surface area contributed by atoms with Gasteiger partial charge in [0.2, 0.25) is 0 Å². The van der Waals surface area contributed by atoms with Gasteiger partial charge in [0.15, 0.2) is 0 Å². The molecule has 1 unspecified atom stereocenters. The van der Waals surface area contributed by atoms with Crippen LogP contribution >= 0.6 is 0 Å². The molecule has 1 N–H and O–H groups in total. The molecule has 21 heavy (non-hydrogen) atoms. The average molecular weight is 293 g/mol. The van der Waals surface area contributed by atoms with Crippen LogP contribution in [0.4, 0.5) is 4.79 Å². The summed E-state index contributed by atoms with van der Waals surface area (Å²) in [5.41, 5.74) is 0.437. The molecular formula is C15H23N3O3. The minimum atomic E-state index is -0.501. The lowest BCUT2D eigenvalue weighted by molar-refractivity contribution is 0.0117. The number of amides is 1. The van der Waals surface area contributed by atoms with Crippen LogP contribution in [-0.4, -0.2) is 48.3 Å². The molecule has 6 heteroatoms. The van der Waals surface area contributed by atoms with Gasteiger partial charge < -0.3 is 14.8 Å². The average Bonchev–Trinajstić information content (AvgIpc) is 2.45. The van der Waals surface area contributed by atoms with Crippen molar-refractivity contribution in [1.82, 2.24) is 15.2 Å². The van der Waals surface area contributed by atoms with E-state index in [4.69, 9.17) is 9.47 Å². The van der Waals surface area contributed by atoms with Crippen LogP contribution in [0.15, 0.2) is 18.5 Å². The van der Waals surface area contributed by atoms with Crippen molar-refractivity contribution in [3.8, 4) is 5.75 Å². The molecule has 0 aliphatic carbocycles. The highest BCUT2D eigenvalue weighted by atomic mass is 16.6. The predicted molar refractivity (Wildman–Crippen MR) is 79.3 cm³/mol. The molecule has 1 atom stereocenters. The van der Waals surface area contributed by atoms with Crippen molar-refractivity contribution in [3.63, 3.8) is 0 Å². The van der Waals surface area contributed by atoms with Crippen molar-refractivity contribution >= 4 is 6.09 Å². The van der Waals surface area contributed by atoms with Gasteiger partial charge in [0.05, 0.1) is 19.3 Å². The first kappa shape index (κ1) is 15.6. The molecular weight excluding hydrogens is 270 g/mol. The van der Waals surface area contributed by atoms with Crippen molar-refractivity contribution in [1.29, 1.82) is 0 Å². The molecule has 1 aromatic rings. The number of ether oxygens (including phenoxy) is 2. The lowest BCUT2D eigenvalue weighted by atomic mass is 10.1. The van der Waals surface area contributed by atoms with Gasteiger partial charge >= 0.3 is 6.09 Å². The molecule has 2 heterocycles. The smallest absolute Gasteiger partial charge is 0.410 e. The third-order valence-electron chi connectivity index (χ3n) is 3.23. The first-order chi connectivity index (χ1) is 9.90. The van der Waals surface area contributed by atoms with Gasteiger partial charge in [-0.1, -0.05) is 0 Å². The highest BCUT2D eigenvalue weighted by Gasteiger charge is 2.31. The van der Waals surface area contributed by atoms with Gasteiger partial charge in [0, 0.05) is 25.8 Å². The van der Waals surface area contributed by atoms with Crippen LogP contribution in [-0.2, 0) is 4.74 Å². The zero-order valence-corrected chi connectivity index (χ0v) is 13.0. The summed E-state index contributed by atoms with van der Waals surface area (Å²) in [7, 11) is 1.60. The molecule has 6 nitrogen and oxygen atoms in total. The van der Waals surface area contributed by atoms with E-state index < -0.39 is 5.60 Å². The van der Waals surface area contributed by atoms with E-state index in [1.807, 2.05) is 26.8 Å². The molecule has 1 saturated heterocycles. The van der Waals surface area contributed by atoms with Crippen LogP contribution in [0.2, 0.25) is 0 Å². The summed E-state index contributed by atoms with van der Waals surface area (Å²) in [5, 5.41) is 3.30. The van der Waals surface area contributed by atoms with Crippen LogP contribution in [0.25, 0.3) is 0 Å². The molecule has 0 radical (unpaired) electrons. The molecule has 2 rings (SSSR count). The van der Waals surface area contributed by atoms with E-state index >= 15 is 0 Å². The van der Waals surface area contributed by atoms with Crippen molar-refractivity contribution in [2.45, 2.75) is 32.4 Å².